The average Bonchev–Trinajstić information content (AvgIpc) is 2.21. The minimum atomic E-state index is -3.30. The van der Waals surface area contributed by atoms with Crippen molar-refractivity contribution in [1.82, 2.24) is 10.6 Å². The Morgan fingerprint density at radius 2 is 1.95 bits per heavy atom. The Morgan fingerprint density at radius 1 is 1.42 bits per heavy atom. The maximum Gasteiger partial charge on any atom is 0.326 e. The van der Waals surface area contributed by atoms with E-state index in [0.717, 1.165) is 6.26 Å². The molecule has 0 rings (SSSR count). The predicted molar refractivity (Wildman–Crippen MR) is 70.3 cm³/mol. The molecule has 0 saturated heterocycles. The molecule has 3 N–H and O–H groups in total. The summed E-state index contributed by atoms with van der Waals surface area (Å²) in [6, 6.07) is -2.05. The van der Waals surface area contributed by atoms with Gasteiger partial charge in [-0.2, -0.15) is 0 Å². The van der Waals surface area contributed by atoms with Crippen molar-refractivity contribution in [3.8, 4) is 12.3 Å². The normalized spacial score (nSPS) is 13.2. The molecule has 0 aliphatic rings. The summed E-state index contributed by atoms with van der Waals surface area (Å²) in [5.74, 6) is 0.677. The monoisotopic (exact) mass is 290 g/mol. The van der Waals surface area contributed by atoms with Gasteiger partial charge in [0.05, 0.1) is 11.3 Å². The average molecular weight is 290 g/mol. The molecule has 8 heteroatoms. The third-order valence-electron chi connectivity index (χ3n) is 2.17. The molecule has 0 fully saturated rings. The van der Waals surface area contributed by atoms with Crippen molar-refractivity contribution in [3.05, 3.63) is 0 Å². The lowest BCUT2D eigenvalue weighted by atomic mass is 10.1. The molecule has 0 saturated carbocycles. The van der Waals surface area contributed by atoms with E-state index >= 15 is 0 Å². The van der Waals surface area contributed by atoms with Crippen molar-refractivity contribution in [2.24, 2.45) is 0 Å². The maximum atomic E-state index is 11.5. The highest BCUT2D eigenvalue weighted by Crippen LogP contribution is 2.00. The lowest BCUT2D eigenvalue weighted by Crippen LogP contribution is -2.52. The predicted octanol–water partition coefficient (Wildman–Crippen LogP) is -0.415. The van der Waals surface area contributed by atoms with E-state index in [1.165, 1.54) is 0 Å². The summed E-state index contributed by atoms with van der Waals surface area (Å²) < 4.78 is 21.9. The van der Waals surface area contributed by atoms with Gasteiger partial charge in [-0.15, -0.1) is 6.42 Å². The molecule has 0 aromatic heterocycles. The molecule has 108 valence electrons. The molecule has 0 bridgehead atoms. The summed E-state index contributed by atoms with van der Waals surface area (Å²) in [5, 5.41) is 13.5. The molecule has 0 spiro atoms. The molecule has 0 heterocycles. The van der Waals surface area contributed by atoms with Crippen LogP contribution in [0.15, 0.2) is 0 Å². The molecule has 0 aliphatic carbocycles. The standard InChI is InChI=1S/C11H18N2O5S/c1-5-11(2,3)13-10(16)12-8(9(14)15)6-7-19(4,17)18/h1,8H,6-7H2,2-4H3,(H,14,15)(H2,12,13,16). The van der Waals surface area contributed by atoms with E-state index in [-0.39, 0.29) is 12.2 Å². The Hall–Kier alpha value is -1.75. The fraction of sp³-hybridized carbons (Fsp3) is 0.636. The van der Waals surface area contributed by atoms with Crippen molar-refractivity contribution in [3.63, 3.8) is 0 Å². The van der Waals surface area contributed by atoms with Gasteiger partial charge in [0.2, 0.25) is 0 Å². The van der Waals surface area contributed by atoms with Gasteiger partial charge in [-0.25, -0.2) is 18.0 Å². The van der Waals surface area contributed by atoms with E-state index in [1.54, 1.807) is 13.8 Å². The number of carbonyl (C=O) groups is 2. The quantitative estimate of drug-likeness (QED) is 0.575. The third kappa shape index (κ3) is 8.05. The lowest BCUT2D eigenvalue weighted by Gasteiger charge is -2.22. The zero-order valence-corrected chi connectivity index (χ0v) is 11.9. The molecule has 1 unspecified atom stereocenters. The fourth-order valence-electron chi connectivity index (χ4n) is 1.10. The van der Waals surface area contributed by atoms with Gasteiger partial charge in [-0.05, 0) is 20.3 Å². The molecule has 0 radical (unpaired) electrons. The van der Waals surface area contributed by atoms with Gasteiger partial charge in [0.25, 0.3) is 0 Å². The first kappa shape index (κ1) is 17.2. The van der Waals surface area contributed by atoms with E-state index < -0.39 is 33.4 Å². The van der Waals surface area contributed by atoms with Crippen molar-refractivity contribution < 1.29 is 23.1 Å². The minimum Gasteiger partial charge on any atom is -0.480 e. The smallest absolute Gasteiger partial charge is 0.326 e. The second kappa shape index (κ2) is 6.43. The zero-order valence-electron chi connectivity index (χ0n) is 11.1. The van der Waals surface area contributed by atoms with Crippen LogP contribution in [-0.2, 0) is 14.6 Å². The van der Waals surface area contributed by atoms with Gasteiger partial charge in [0.1, 0.15) is 15.9 Å². The number of terminal acetylenes is 1. The Morgan fingerprint density at radius 3 is 2.32 bits per heavy atom. The summed E-state index contributed by atoms with van der Waals surface area (Å²) in [5.41, 5.74) is -0.927. The van der Waals surface area contributed by atoms with Crippen LogP contribution in [0.4, 0.5) is 4.79 Å². The first-order chi connectivity index (χ1) is 8.47. The van der Waals surface area contributed by atoms with Crippen LogP contribution in [0.5, 0.6) is 0 Å². The number of carboxylic acid groups (broad SMARTS) is 1. The van der Waals surface area contributed by atoms with Gasteiger partial charge in [0, 0.05) is 6.26 Å². The van der Waals surface area contributed by atoms with Crippen LogP contribution < -0.4 is 10.6 Å². The van der Waals surface area contributed by atoms with Crippen molar-refractivity contribution in [1.29, 1.82) is 0 Å². The van der Waals surface area contributed by atoms with E-state index in [1.807, 2.05) is 0 Å². The molecule has 0 aliphatic heterocycles. The van der Waals surface area contributed by atoms with Crippen molar-refractivity contribution in [2.45, 2.75) is 31.8 Å². The largest absolute Gasteiger partial charge is 0.480 e. The van der Waals surface area contributed by atoms with Crippen LogP contribution >= 0.6 is 0 Å². The number of nitrogens with one attached hydrogen (secondary N) is 2. The Balaban J connectivity index is 4.57. The zero-order chi connectivity index (χ0) is 15.3. The summed E-state index contributed by atoms with van der Waals surface area (Å²) in [4.78, 5) is 22.4. The topological polar surface area (TPSA) is 113 Å². The maximum absolute atomic E-state index is 11.5. The summed E-state index contributed by atoms with van der Waals surface area (Å²) in [7, 11) is -3.30. The van der Waals surface area contributed by atoms with Gasteiger partial charge in [-0.3, -0.25) is 0 Å². The molecular formula is C11H18N2O5S. The number of carboxylic acids is 1. The molecule has 1 atom stereocenters. The van der Waals surface area contributed by atoms with Gasteiger partial charge < -0.3 is 15.7 Å². The summed E-state index contributed by atoms with van der Waals surface area (Å²) in [6.45, 7) is 3.14. The molecule has 19 heavy (non-hydrogen) atoms. The molecule has 0 aromatic rings. The Labute approximate surface area is 112 Å². The number of amides is 2. The molecule has 0 aromatic carbocycles. The number of aliphatic carboxylic acids is 1. The van der Waals surface area contributed by atoms with E-state index in [2.05, 4.69) is 16.6 Å². The Kier molecular flexibility index (Phi) is 5.83. The third-order valence-corrected chi connectivity index (χ3v) is 3.14. The molecule has 7 nitrogen and oxygen atoms in total. The summed E-state index contributed by atoms with van der Waals surface area (Å²) in [6.07, 6.45) is 5.96. The van der Waals surface area contributed by atoms with Gasteiger partial charge in [0.15, 0.2) is 0 Å². The lowest BCUT2D eigenvalue weighted by molar-refractivity contribution is -0.139. The first-order valence-electron chi connectivity index (χ1n) is 5.44. The SMILES string of the molecule is C#CC(C)(C)NC(=O)NC(CCS(C)(=O)=O)C(=O)O. The van der Waals surface area contributed by atoms with Gasteiger partial charge >= 0.3 is 12.0 Å². The second-order valence-corrected chi connectivity index (χ2v) is 6.94. The van der Waals surface area contributed by atoms with Crippen molar-refractivity contribution >= 4 is 21.8 Å². The highest BCUT2D eigenvalue weighted by atomic mass is 32.2. The number of carbonyl (C=O) groups excluding carboxylic acids is 1. The highest BCUT2D eigenvalue weighted by molar-refractivity contribution is 7.90. The number of hydrogen-bond donors (Lipinski definition) is 3. The summed E-state index contributed by atoms with van der Waals surface area (Å²) >= 11 is 0. The van der Waals surface area contributed by atoms with E-state index in [9.17, 15) is 18.0 Å². The van der Waals surface area contributed by atoms with E-state index in [0.29, 0.717) is 0 Å². The molecular weight excluding hydrogens is 272 g/mol. The molecule has 2 amide bonds. The number of sulfone groups is 1. The first-order valence-corrected chi connectivity index (χ1v) is 7.50. The second-order valence-electron chi connectivity index (χ2n) is 4.68. The van der Waals surface area contributed by atoms with Crippen LogP contribution in [0.3, 0.4) is 0 Å². The Bertz CT molecular complexity index is 490. The van der Waals surface area contributed by atoms with Crippen LogP contribution in [0, 0.1) is 12.3 Å². The van der Waals surface area contributed by atoms with Gasteiger partial charge in [-0.1, -0.05) is 5.92 Å². The highest BCUT2D eigenvalue weighted by Gasteiger charge is 2.24. The van der Waals surface area contributed by atoms with Crippen LogP contribution in [-0.4, -0.2) is 49.1 Å². The fourth-order valence-corrected chi connectivity index (χ4v) is 1.77. The van der Waals surface area contributed by atoms with Crippen LogP contribution in [0.1, 0.15) is 20.3 Å². The van der Waals surface area contributed by atoms with E-state index in [4.69, 9.17) is 11.5 Å². The van der Waals surface area contributed by atoms with Crippen molar-refractivity contribution in [2.75, 3.05) is 12.0 Å². The number of hydrogen-bond acceptors (Lipinski definition) is 4. The number of rotatable bonds is 6. The van der Waals surface area contributed by atoms with Crippen LogP contribution in [0.25, 0.3) is 0 Å². The van der Waals surface area contributed by atoms with Crippen LogP contribution in [0.2, 0.25) is 0 Å². The number of urea groups is 1. The minimum absolute atomic E-state index is 0.210.